The first-order chi connectivity index (χ1) is 11.6. The number of amides is 1. The summed E-state index contributed by atoms with van der Waals surface area (Å²) >= 11 is 0. The van der Waals surface area contributed by atoms with Crippen molar-refractivity contribution in [1.29, 1.82) is 0 Å². The molecule has 138 valence electrons. The van der Waals surface area contributed by atoms with Gasteiger partial charge in [-0.2, -0.15) is 0 Å². The number of benzene rings is 1. The van der Waals surface area contributed by atoms with Crippen LogP contribution in [0.1, 0.15) is 25.3 Å². The number of hydrogen-bond donors (Lipinski definition) is 1. The summed E-state index contributed by atoms with van der Waals surface area (Å²) in [4.78, 5) is 12.8. The first kappa shape index (κ1) is 18.1. The van der Waals surface area contributed by atoms with Crippen molar-refractivity contribution in [2.45, 2.75) is 31.3 Å². The van der Waals surface area contributed by atoms with Gasteiger partial charge >= 0.3 is 6.09 Å². The molecule has 1 N–H and O–H groups in total. The van der Waals surface area contributed by atoms with Gasteiger partial charge in [-0.3, -0.25) is 4.90 Å². The zero-order valence-electron chi connectivity index (χ0n) is 13.7. The summed E-state index contributed by atoms with van der Waals surface area (Å²) in [6.07, 6.45) is -1.23. The average Bonchev–Trinajstić information content (AvgIpc) is 2.91. The molecule has 9 heteroatoms. The lowest BCUT2D eigenvalue weighted by Gasteiger charge is -2.34. The molecule has 0 saturated carbocycles. The fourth-order valence-electron chi connectivity index (χ4n) is 3.36. The van der Waals surface area contributed by atoms with Gasteiger partial charge < -0.3 is 9.84 Å². The highest BCUT2D eigenvalue weighted by Gasteiger charge is 2.40. The van der Waals surface area contributed by atoms with Crippen LogP contribution in [-0.4, -0.2) is 50.4 Å². The molecular weight excluding hydrogens is 356 g/mol. The number of aliphatic hydroxyl groups is 1. The van der Waals surface area contributed by atoms with E-state index in [0.29, 0.717) is 0 Å². The number of sulfone groups is 1. The lowest BCUT2D eigenvalue weighted by Crippen LogP contribution is -2.36. The third kappa shape index (κ3) is 3.35. The van der Waals surface area contributed by atoms with Gasteiger partial charge in [-0.25, -0.2) is 22.0 Å². The highest BCUT2D eigenvalue weighted by Crippen LogP contribution is 2.40. The number of aliphatic hydroxyl groups excluding tert-OH is 1. The van der Waals surface area contributed by atoms with Crippen molar-refractivity contribution in [3.8, 4) is 0 Å². The molecular formula is C16H19F2NO5S. The zero-order chi connectivity index (χ0) is 18.4. The number of anilines is 1. The second-order valence-corrected chi connectivity index (χ2v) is 9.10. The van der Waals surface area contributed by atoms with E-state index in [9.17, 15) is 22.0 Å². The molecule has 25 heavy (non-hydrogen) atoms. The van der Waals surface area contributed by atoms with Gasteiger partial charge in [0.25, 0.3) is 0 Å². The minimum Gasteiger partial charge on any atom is -0.441 e. The second-order valence-electron chi connectivity index (χ2n) is 6.80. The average molecular weight is 375 g/mol. The second kappa shape index (κ2) is 6.21. The number of carbonyl (C=O) groups is 1. The van der Waals surface area contributed by atoms with Crippen LogP contribution in [0.4, 0.5) is 19.3 Å². The predicted molar refractivity (Wildman–Crippen MR) is 86.3 cm³/mol. The van der Waals surface area contributed by atoms with Crippen molar-refractivity contribution >= 4 is 21.6 Å². The van der Waals surface area contributed by atoms with Crippen LogP contribution in [-0.2, 0) is 20.0 Å². The van der Waals surface area contributed by atoms with Gasteiger partial charge in [-0.1, -0.05) is 6.92 Å². The van der Waals surface area contributed by atoms with Crippen molar-refractivity contribution in [1.82, 2.24) is 0 Å². The Morgan fingerprint density at radius 3 is 2.32 bits per heavy atom. The van der Waals surface area contributed by atoms with Gasteiger partial charge in [0.05, 0.1) is 30.3 Å². The minimum atomic E-state index is -3.16. The van der Waals surface area contributed by atoms with Gasteiger partial charge in [-0.15, -0.1) is 0 Å². The summed E-state index contributed by atoms with van der Waals surface area (Å²) in [6.45, 7) is 1.27. The molecule has 1 atom stereocenters. The Labute approximate surface area is 144 Å². The largest absolute Gasteiger partial charge is 0.441 e. The first-order valence-corrected chi connectivity index (χ1v) is 9.76. The molecule has 3 rings (SSSR count). The molecule has 2 aliphatic heterocycles. The maximum atomic E-state index is 14.7. The van der Waals surface area contributed by atoms with E-state index >= 15 is 0 Å². The standard InChI is InChI=1S/C16H19F2NO5S/c1-16(2-4-25(22,23)5-3-16)14-12(17)6-10(7-13(14)18)19-8-11(9-20)24-15(19)21/h6-7,11,20H,2-5,8-9H2,1H3/t11-/m1/s1. The highest BCUT2D eigenvalue weighted by molar-refractivity contribution is 7.91. The van der Waals surface area contributed by atoms with Gasteiger partial charge in [0.2, 0.25) is 0 Å². The Hall–Kier alpha value is -1.74. The number of ether oxygens (including phenoxy) is 1. The van der Waals surface area contributed by atoms with Gasteiger partial charge in [0.1, 0.15) is 27.6 Å². The SMILES string of the molecule is CC1(c2c(F)cc(N3C[C@H](CO)OC3=O)cc2F)CCS(=O)(=O)CC1. The molecule has 2 saturated heterocycles. The van der Waals surface area contributed by atoms with Crippen LogP contribution in [0, 0.1) is 11.6 Å². The summed E-state index contributed by atoms with van der Waals surface area (Å²) in [6, 6.07) is 2.10. The molecule has 0 radical (unpaired) electrons. The maximum absolute atomic E-state index is 14.7. The summed E-state index contributed by atoms with van der Waals surface area (Å²) in [5.41, 5.74) is -1.07. The minimum absolute atomic E-state index is 0.00305. The summed E-state index contributed by atoms with van der Waals surface area (Å²) in [5, 5.41) is 9.05. The molecule has 0 aliphatic carbocycles. The lowest BCUT2D eigenvalue weighted by molar-refractivity contribution is 0.0963. The Morgan fingerprint density at radius 1 is 1.28 bits per heavy atom. The predicted octanol–water partition coefficient (Wildman–Crippen LogP) is 1.75. The quantitative estimate of drug-likeness (QED) is 0.870. The summed E-state index contributed by atoms with van der Waals surface area (Å²) < 4.78 is 57.4. The molecule has 1 aromatic carbocycles. The van der Waals surface area contributed by atoms with E-state index in [4.69, 9.17) is 9.84 Å². The third-order valence-corrected chi connectivity index (χ3v) is 6.60. The fraction of sp³-hybridized carbons (Fsp3) is 0.562. The van der Waals surface area contributed by atoms with Crippen LogP contribution in [0.5, 0.6) is 0 Å². The molecule has 0 aromatic heterocycles. The topological polar surface area (TPSA) is 83.9 Å². The number of cyclic esters (lactones) is 1. The molecule has 6 nitrogen and oxygen atoms in total. The zero-order valence-corrected chi connectivity index (χ0v) is 14.5. The third-order valence-electron chi connectivity index (χ3n) is 4.95. The van der Waals surface area contributed by atoms with Crippen LogP contribution >= 0.6 is 0 Å². The van der Waals surface area contributed by atoms with E-state index in [1.165, 1.54) is 0 Å². The Morgan fingerprint density at radius 2 is 1.84 bits per heavy atom. The molecule has 0 unspecified atom stereocenters. The van der Waals surface area contributed by atoms with Crippen LogP contribution in [0.3, 0.4) is 0 Å². The fourth-order valence-corrected chi connectivity index (χ4v) is 5.09. The van der Waals surface area contributed by atoms with Crippen molar-refractivity contribution in [3.63, 3.8) is 0 Å². The monoisotopic (exact) mass is 375 g/mol. The van der Waals surface area contributed by atoms with E-state index in [1.54, 1.807) is 6.92 Å². The van der Waals surface area contributed by atoms with E-state index in [-0.39, 0.29) is 48.7 Å². The molecule has 0 spiro atoms. The van der Waals surface area contributed by atoms with E-state index in [1.807, 2.05) is 0 Å². The number of rotatable bonds is 3. The van der Waals surface area contributed by atoms with Crippen LogP contribution < -0.4 is 4.90 Å². The van der Waals surface area contributed by atoms with Crippen molar-refractivity contribution in [2.24, 2.45) is 0 Å². The normalized spacial score (nSPS) is 25.0. The van der Waals surface area contributed by atoms with Crippen molar-refractivity contribution in [3.05, 3.63) is 29.3 Å². The molecule has 1 amide bonds. The number of halogens is 2. The lowest BCUT2D eigenvalue weighted by atomic mass is 9.77. The summed E-state index contributed by atoms with van der Waals surface area (Å²) in [7, 11) is -3.16. The van der Waals surface area contributed by atoms with Gasteiger partial charge in [0.15, 0.2) is 0 Å². The number of nitrogens with zero attached hydrogens (tertiary/aromatic N) is 1. The molecule has 2 heterocycles. The van der Waals surface area contributed by atoms with Crippen LogP contribution in [0.25, 0.3) is 0 Å². The Bertz CT molecular complexity index is 774. The van der Waals surface area contributed by atoms with E-state index in [0.717, 1.165) is 17.0 Å². The van der Waals surface area contributed by atoms with Crippen LogP contribution in [0.2, 0.25) is 0 Å². The van der Waals surface area contributed by atoms with Gasteiger partial charge in [0, 0.05) is 11.0 Å². The Kier molecular flexibility index (Phi) is 4.48. The Balaban J connectivity index is 1.93. The highest BCUT2D eigenvalue weighted by atomic mass is 32.2. The molecule has 2 fully saturated rings. The first-order valence-electron chi connectivity index (χ1n) is 7.94. The number of carbonyl (C=O) groups excluding carboxylic acids is 1. The summed E-state index contributed by atoms with van der Waals surface area (Å²) in [5.74, 6) is -1.87. The van der Waals surface area contributed by atoms with Crippen molar-refractivity contribution < 1.29 is 31.8 Å². The maximum Gasteiger partial charge on any atom is 0.414 e. The van der Waals surface area contributed by atoms with Crippen molar-refractivity contribution in [2.75, 3.05) is 29.6 Å². The van der Waals surface area contributed by atoms with Gasteiger partial charge in [-0.05, 0) is 25.0 Å². The smallest absolute Gasteiger partial charge is 0.414 e. The molecule has 0 bridgehead atoms. The van der Waals surface area contributed by atoms with E-state index < -0.39 is 39.1 Å². The molecule has 1 aromatic rings. The van der Waals surface area contributed by atoms with Crippen LogP contribution in [0.15, 0.2) is 12.1 Å². The molecule has 2 aliphatic rings. The van der Waals surface area contributed by atoms with E-state index in [2.05, 4.69) is 0 Å². The number of hydrogen-bond acceptors (Lipinski definition) is 5.